The Labute approximate surface area is 206 Å². The lowest BCUT2D eigenvalue weighted by Crippen LogP contribution is -2.38. The quantitative estimate of drug-likeness (QED) is 0.448. The summed E-state index contributed by atoms with van der Waals surface area (Å²) >= 11 is 0. The smallest absolute Gasteiger partial charge is 0.254 e. The molecule has 7 heteroatoms. The Hall–Kier alpha value is -3.32. The van der Waals surface area contributed by atoms with Crippen LogP contribution in [0.15, 0.2) is 59.1 Å². The first-order chi connectivity index (χ1) is 17.2. The Morgan fingerprint density at radius 1 is 1.09 bits per heavy atom. The van der Waals surface area contributed by atoms with Crippen LogP contribution < -0.4 is 9.64 Å². The van der Waals surface area contributed by atoms with Crippen molar-refractivity contribution in [1.82, 2.24) is 10.1 Å². The highest BCUT2D eigenvalue weighted by atomic mass is 16.5. The molecule has 0 spiro atoms. The van der Waals surface area contributed by atoms with Gasteiger partial charge >= 0.3 is 0 Å². The summed E-state index contributed by atoms with van der Waals surface area (Å²) < 4.78 is 17.3. The van der Waals surface area contributed by atoms with Crippen molar-refractivity contribution in [2.24, 2.45) is 0 Å². The maximum Gasteiger partial charge on any atom is 0.254 e. The van der Waals surface area contributed by atoms with Gasteiger partial charge in [-0.15, -0.1) is 0 Å². The van der Waals surface area contributed by atoms with E-state index in [1.165, 1.54) is 6.42 Å². The van der Waals surface area contributed by atoms with Crippen LogP contribution in [0.25, 0.3) is 11.3 Å². The summed E-state index contributed by atoms with van der Waals surface area (Å²) in [5.41, 5.74) is 3.33. The van der Waals surface area contributed by atoms with E-state index in [-0.39, 0.29) is 12.0 Å². The van der Waals surface area contributed by atoms with Crippen molar-refractivity contribution in [2.45, 2.75) is 44.8 Å². The second kappa shape index (κ2) is 11.0. The second-order valence-electron chi connectivity index (χ2n) is 9.28. The molecule has 0 bridgehead atoms. The van der Waals surface area contributed by atoms with Gasteiger partial charge in [0.2, 0.25) is 5.88 Å². The lowest BCUT2D eigenvalue weighted by Gasteiger charge is -2.29. The fourth-order valence-corrected chi connectivity index (χ4v) is 4.99. The lowest BCUT2D eigenvalue weighted by atomic mass is 10.0. The minimum absolute atomic E-state index is 0.0306. The molecule has 5 rings (SSSR count). The molecule has 35 heavy (non-hydrogen) atoms. The number of hydrogen-bond acceptors (Lipinski definition) is 6. The van der Waals surface area contributed by atoms with Gasteiger partial charge in [-0.2, -0.15) is 0 Å². The molecular formula is C28H33N3O4. The molecule has 2 aliphatic rings. The van der Waals surface area contributed by atoms with Crippen molar-refractivity contribution in [3.8, 4) is 17.0 Å². The number of rotatable bonds is 8. The van der Waals surface area contributed by atoms with Crippen molar-refractivity contribution < 1.29 is 18.8 Å². The second-order valence-corrected chi connectivity index (χ2v) is 9.28. The molecule has 3 aromatic rings. The fraction of sp³-hybridized carbons (Fsp3) is 0.429. The summed E-state index contributed by atoms with van der Waals surface area (Å²) in [5.74, 6) is 1.39. The molecule has 0 radical (unpaired) electrons. The summed E-state index contributed by atoms with van der Waals surface area (Å²) in [7, 11) is 1.61. The topological polar surface area (TPSA) is 68.0 Å². The molecule has 0 aliphatic carbocycles. The van der Waals surface area contributed by atoms with E-state index in [0.29, 0.717) is 24.4 Å². The standard InChI is InChI=1S/C28H33N3O4/c1-33-23-13-8-12-22(18-23)27(32)31(19-24-14-9-17-34-24)20-25-26(21-10-4-2-5-11-21)29-35-28(25)30-15-6-3-7-16-30/h2,4-5,8,10-13,18,24H,3,6-7,9,14-17,19-20H2,1H3/t24-/m0/s1. The Balaban J connectivity index is 1.51. The average Bonchev–Trinajstić information content (AvgIpc) is 3.59. The summed E-state index contributed by atoms with van der Waals surface area (Å²) in [6.45, 7) is 3.54. The van der Waals surface area contributed by atoms with E-state index in [9.17, 15) is 4.79 Å². The fourth-order valence-electron chi connectivity index (χ4n) is 4.99. The predicted octanol–water partition coefficient (Wildman–Crippen LogP) is 5.16. The third-order valence-corrected chi connectivity index (χ3v) is 6.86. The van der Waals surface area contributed by atoms with Crippen molar-refractivity contribution in [2.75, 3.05) is 38.3 Å². The van der Waals surface area contributed by atoms with Gasteiger partial charge < -0.3 is 23.8 Å². The third kappa shape index (κ3) is 5.35. The number of amides is 1. The Morgan fingerprint density at radius 2 is 1.91 bits per heavy atom. The molecular weight excluding hydrogens is 442 g/mol. The minimum atomic E-state index is -0.0517. The zero-order valence-electron chi connectivity index (χ0n) is 20.3. The van der Waals surface area contributed by atoms with Gasteiger partial charge in [0.25, 0.3) is 5.91 Å². The monoisotopic (exact) mass is 475 g/mol. The number of carbonyl (C=O) groups is 1. The van der Waals surface area contributed by atoms with Gasteiger partial charge in [0.1, 0.15) is 11.4 Å². The van der Waals surface area contributed by atoms with E-state index in [1.54, 1.807) is 13.2 Å². The Bertz CT molecular complexity index is 1120. The number of aromatic nitrogens is 1. The first-order valence-electron chi connectivity index (χ1n) is 12.6. The van der Waals surface area contributed by atoms with Crippen LogP contribution in [-0.2, 0) is 11.3 Å². The van der Waals surface area contributed by atoms with E-state index in [2.05, 4.69) is 10.1 Å². The van der Waals surface area contributed by atoms with Crippen LogP contribution in [0.5, 0.6) is 5.75 Å². The summed E-state index contributed by atoms with van der Waals surface area (Å²) in [6.07, 6.45) is 5.49. The Morgan fingerprint density at radius 3 is 2.66 bits per heavy atom. The number of anilines is 1. The molecule has 0 N–H and O–H groups in total. The van der Waals surface area contributed by atoms with E-state index >= 15 is 0 Å². The van der Waals surface area contributed by atoms with Crippen LogP contribution >= 0.6 is 0 Å². The molecule has 2 aromatic carbocycles. The summed E-state index contributed by atoms with van der Waals surface area (Å²) in [4.78, 5) is 18.0. The van der Waals surface area contributed by atoms with Crippen LogP contribution in [-0.4, -0.2) is 55.4 Å². The number of benzene rings is 2. The van der Waals surface area contributed by atoms with Crippen molar-refractivity contribution >= 4 is 11.8 Å². The number of carbonyl (C=O) groups excluding carboxylic acids is 1. The van der Waals surface area contributed by atoms with Crippen molar-refractivity contribution in [3.05, 3.63) is 65.7 Å². The van der Waals surface area contributed by atoms with Gasteiger partial charge in [0, 0.05) is 37.4 Å². The van der Waals surface area contributed by atoms with E-state index in [4.69, 9.17) is 14.0 Å². The van der Waals surface area contributed by atoms with Crippen molar-refractivity contribution in [3.63, 3.8) is 0 Å². The molecule has 2 aliphatic heterocycles. The maximum absolute atomic E-state index is 13.8. The van der Waals surface area contributed by atoms with E-state index < -0.39 is 0 Å². The molecule has 1 aromatic heterocycles. The number of ether oxygens (including phenoxy) is 2. The van der Waals surface area contributed by atoms with Gasteiger partial charge in [0.15, 0.2) is 0 Å². The van der Waals surface area contributed by atoms with Crippen LogP contribution in [0.3, 0.4) is 0 Å². The van der Waals surface area contributed by atoms with Crippen molar-refractivity contribution in [1.29, 1.82) is 0 Å². The van der Waals surface area contributed by atoms with Gasteiger partial charge in [0.05, 0.1) is 25.3 Å². The van der Waals surface area contributed by atoms with E-state index in [1.807, 2.05) is 53.4 Å². The number of hydrogen-bond donors (Lipinski definition) is 0. The van der Waals surface area contributed by atoms with Gasteiger partial charge in [-0.05, 0) is 50.3 Å². The van der Waals surface area contributed by atoms with Crippen LogP contribution in [0, 0.1) is 0 Å². The lowest BCUT2D eigenvalue weighted by molar-refractivity contribution is 0.0507. The third-order valence-electron chi connectivity index (χ3n) is 6.86. The highest BCUT2D eigenvalue weighted by Crippen LogP contribution is 2.34. The largest absolute Gasteiger partial charge is 0.497 e. The highest BCUT2D eigenvalue weighted by molar-refractivity contribution is 5.94. The predicted molar refractivity (Wildman–Crippen MR) is 135 cm³/mol. The molecule has 0 unspecified atom stereocenters. The average molecular weight is 476 g/mol. The number of methoxy groups -OCH3 is 1. The molecule has 1 atom stereocenters. The number of nitrogens with zero attached hydrogens (tertiary/aromatic N) is 3. The maximum atomic E-state index is 13.8. The number of piperidine rings is 1. The van der Waals surface area contributed by atoms with Gasteiger partial charge in [-0.3, -0.25) is 4.79 Å². The molecule has 2 fully saturated rings. The minimum Gasteiger partial charge on any atom is -0.497 e. The normalized spacial score (nSPS) is 18.0. The first kappa shape index (κ1) is 23.4. The zero-order valence-corrected chi connectivity index (χ0v) is 20.3. The SMILES string of the molecule is COc1cccc(C(=O)N(Cc2c(-c3ccccc3)noc2N2CCCCC2)C[C@@H]2CCCO2)c1. The van der Waals surface area contributed by atoms with Crippen LogP contribution in [0.1, 0.15) is 48.0 Å². The summed E-state index contributed by atoms with van der Waals surface area (Å²) in [5, 5.41) is 4.50. The van der Waals surface area contributed by atoms with Crippen LogP contribution in [0.2, 0.25) is 0 Å². The molecule has 184 valence electrons. The molecule has 3 heterocycles. The zero-order chi connectivity index (χ0) is 24.0. The molecule has 0 saturated carbocycles. The van der Waals surface area contributed by atoms with Gasteiger partial charge in [-0.25, -0.2) is 0 Å². The van der Waals surface area contributed by atoms with Gasteiger partial charge in [-0.1, -0.05) is 41.6 Å². The first-order valence-corrected chi connectivity index (χ1v) is 12.6. The van der Waals surface area contributed by atoms with Crippen LogP contribution in [0.4, 0.5) is 5.88 Å². The molecule has 7 nitrogen and oxygen atoms in total. The van der Waals surface area contributed by atoms with E-state index in [0.717, 1.165) is 68.1 Å². The highest BCUT2D eigenvalue weighted by Gasteiger charge is 2.30. The Kier molecular flexibility index (Phi) is 7.33. The molecule has 1 amide bonds. The molecule has 2 saturated heterocycles. The summed E-state index contributed by atoms with van der Waals surface area (Å²) in [6, 6.07) is 17.4.